The Kier molecular flexibility index (Phi) is 11.3. The van der Waals surface area contributed by atoms with Crippen molar-refractivity contribution in [1.82, 2.24) is 0 Å². The van der Waals surface area contributed by atoms with Crippen LogP contribution in [0.25, 0.3) is 10.4 Å². The Labute approximate surface area is 154 Å². The third-order valence-electron chi connectivity index (χ3n) is 3.35. The van der Waals surface area contributed by atoms with Gasteiger partial charge in [-0.1, -0.05) is 5.11 Å². The normalized spacial score (nSPS) is 28.7. The topological polar surface area (TPSA) is 219 Å². The maximum absolute atomic E-state index is 10.5. The zero-order valence-corrected chi connectivity index (χ0v) is 15.1. The standard InChI is InChI=1S/C12H24N3O11P/c13-15-14-1-2-22-3-4-23-5-6-24-12-11(18)10(17)9(16)8(26-12)7-25-27(19,20)21/h8-12,16-18H,1-7H2,(H2,19,20,21)/p-2/t8?,9-,10+,11?,12+/m1/s1. The lowest BCUT2D eigenvalue weighted by molar-refractivity contribution is -0.348. The molecule has 15 heteroatoms. The first-order valence-corrected chi connectivity index (χ1v) is 9.36. The molecule has 0 amide bonds. The first-order chi connectivity index (χ1) is 12.8. The van der Waals surface area contributed by atoms with Gasteiger partial charge in [-0.3, -0.25) is 0 Å². The lowest BCUT2D eigenvalue weighted by Crippen LogP contribution is -2.59. The Balaban J connectivity index is 2.26. The van der Waals surface area contributed by atoms with Crippen molar-refractivity contribution in [3.8, 4) is 0 Å². The van der Waals surface area contributed by atoms with Crippen LogP contribution in [0.1, 0.15) is 0 Å². The van der Waals surface area contributed by atoms with Crippen molar-refractivity contribution in [2.75, 3.05) is 46.2 Å². The predicted molar refractivity (Wildman–Crippen MR) is 81.8 cm³/mol. The van der Waals surface area contributed by atoms with Crippen molar-refractivity contribution in [2.24, 2.45) is 5.11 Å². The molecule has 0 saturated carbocycles. The number of ether oxygens (including phenoxy) is 4. The van der Waals surface area contributed by atoms with E-state index in [0.717, 1.165) is 0 Å². The van der Waals surface area contributed by atoms with Crippen molar-refractivity contribution in [2.45, 2.75) is 30.7 Å². The van der Waals surface area contributed by atoms with E-state index < -0.39 is 45.1 Å². The maximum Gasteiger partial charge on any atom is 0.186 e. The monoisotopic (exact) mass is 415 g/mol. The molecule has 1 heterocycles. The maximum atomic E-state index is 10.5. The van der Waals surface area contributed by atoms with Gasteiger partial charge in [-0.05, 0) is 5.53 Å². The van der Waals surface area contributed by atoms with Gasteiger partial charge in [-0.2, -0.15) is 0 Å². The molecule has 0 aromatic rings. The van der Waals surface area contributed by atoms with Gasteiger partial charge in [0.15, 0.2) is 6.29 Å². The second-order valence-corrected chi connectivity index (χ2v) is 6.46. The number of nitrogens with zero attached hydrogens (tertiary/aromatic N) is 3. The molecule has 1 aliphatic heterocycles. The van der Waals surface area contributed by atoms with E-state index >= 15 is 0 Å². The van der Waals surface area contributed by atoms with Crippen LogP contribution in [-0.4, -0.2) is 92.2 Å². The van der Waals surface area contributed by atoms with E-state index in [-0.39, 0.29) is 39.6 Å². The lowest BCUT2D eigenvalue weighted by atomic mass is 9.99. The second kappa shape index (κ2) is 12.6. The summed E-state index contributed by atoms with van der Waals surface area (Å²) in [6.45, 7) is 0.158. The molecule has 1 fully saturated rings. The van der Waals surface area contributed by atoms with Gasteiger partial charge in [-0.15, -0.1) is 0 Å². The molecule has 0 aromatic heterocycles. The zero-order chi connectivity index (χ0) is 20.3. The van der Waals surface area contributed by atoms with Crippen LogP contribution in [0.2, 0.25) is 0 Å². The van der Waals surface area contributed by atoms with E-state index in [2.05, 4.69) is 14.5 Å². The quantitative estimate of drug-likeness (QED) is 0.0904. The summed E-state index contributed by atoms with van der Waals surface area (Å²) in [5.41, 5.74) is 8.06. The molecule has 2 unspecified atom stereocenters. The van der Waals surface area contributed by atoms with Crippen molar-refractivity contribution in [3.63, 3.8) is 0 Å². The van der Waals surface area contributed by atoms with Crippen LogP contribution in [0.15, 0.2) is 5.11 Å². The molecule has 1 saturated heterocycles. The van der Waals surface area contributed by atoms with Crippen LogP contribution in [0.4, 0.5) is 0 Å². The Morgan fingerprint density at radius 2 is 1.67 bits per heavy atom. The van der Waals surface area contributed by atoms with Crippen LogP contribution in [0, 0.1) is 0 Å². The Morgan fingerprint density at radius 3 is 2.30 bits per heavy atom. The molecule has 0 bridgehead atoms. The fourth-order valence-corrected chi connectivity index (χ4v) is 2.38. The molecule has 0 radical (unpaired) electrons. The number of azide groups is 1. The van der Waals surface area contributed by atoms with Crippen molar-refractivity contribution in [3.05, 3.63) is 10.4 Å². The number of aliphatic hydroxyl groups excluding tert-OH is 3. The second-order valence-electron chi connectivity index (χ2n) is 5.31. The molecular weight excluding hydrogens is 393 g/mol. The summed E-state index contributed by atoms with van der Waals surface area (Å²) >= 11 is 0. The summed E-state index contributed by atoms with van der Waals surface area (Å²) in [7, 11) is -5.29. The predicted octanol–water partition coefficient (Wildman–Crippen LogP) is -3.00. The van der Waals surface area contributed by atoms with Gasteiger partial charge in [0.25, 0.3) is 0 Å². The molecule has 5 atom stereocenters. The Hall–Kier alpha value is -0.860. The van der Waals surface area contributed by atoms with Gasteiger partial charge < -0.3 is 53.1 Å². The van der Waals surface area contributed by atoms with Crippen molar-refractivity contribution < 1.29 is 53.1 Å². The average molecular weight is 415 g/mol. The van der Waals surface area contributed by atoms with Gasteiger partial charge in [-0.25, -0.2) is 0 Å². The van der Waals surface area contributed by atoms with E-state index in [0.29, 0.717) is 0 Å². The molecule has 0 aliphatic carbocycles. The summed E-state index contributed by atoms with van der Waals surface area (Å²) in [6, 6.07) is 0. The third-order valence-corrected chi connectivity index (χ3v) is 3.81. The lowest BCUT2D eigenvalue weighted by Gasteiger charge is -2.41. The van der Waals surface area contributed by atoms with Gasteiger partial charge in [0, 0.05) is 11.5 Å². The summed E-state index contributed by atoms with van der Waals surface area (Å²) in [5, 5.41) is 32.6. The highest BCUT2D eigenvalue weighted by atomic mass is 31.2. The fourth-order valence-electron chi connectivity index (χ4n) is 2.05. The molecule has 0 aromatic carbocycles. The number of hydrogen-bond donors (Lipinski definition) is 3. The minimum absolute atomic E-state index is 0.0571. The number of rotatable bonds is 13. The molecular formula is C12H22N3O11P-2. The van der Waals surface area contributed by atoms with Crippen LogP contribution < -0.4 is 9.79 Å². The molecule has 27 heavy (non-hydrogen) atoms. The molecule has 1 aliphatic rings. The molecule has 1 rings (SSSR count). The third kappa shape index (κ3) is 9.76. The van der Waals surface area contributed by atoms with Crippen LogP contribution in [0.3, 0.4) is 0 Å². The van der Waals surface area contributed by atoms with Crippen LogP contribution >= 0.6 is 7.82 Å². The molecule has 158 valence electrons. The largest absolute Gasteiger partial charge is 0.790 e. The van der Waals surface area contributed by atoms with E-state index in [1.807, 2.05) is 0 Å². The minimum Gasteiger partial charge on any atom is -0.790 e. The number of aliphatic hydroxyl groups is 3. The van der Waals surface area contributed by atoms with Crippen molar-refractivity contribution in [1.29, 1.82) is 0 Å². The first-order valence-electron chi connectivity index (χ1n) is 7.90. The highest BCUT2D eigenvalue weighted by molar-refractivity contribution is 7.43. The van der Waals surface area contributed by atoms with Gasteiger partial charge in [0.1, 0.15) is 24.4 Å². The first kappa shape index (κ1) is 24.2. The van der Waals surface area contributed by atoms with E-state index in [1.54, 1.807) is 0 Å². The number of hydrogen-bond acceptors (Lipinski definition) is 12. The smallest absolute Gasteiger partial charge is 0.186 e. The van der Waals surface area contributed by atoms with Crippen LogP contribution in [-0.2, 0) is 28.0 Å². The summed E-state index contributed by atoms with van der Waals surface area (Å²) in [5.74, 6) is 0. The summed E-state index contributed by atoms with van der Waals surface area (Å²) in [6.07, 6.45) is -7.76. The minimum atomic E-state index is -5.29. The summed E-state index contributed by atoms with van der Waals surface area (Å²) < 4.78 is 35.1. The van der Waals surface area contributed by atoms with E-state index in [9.17, 15) is 29.7 Å². The molecule has 0 spiro atoms. The van der Waals surface area contributed by atoms with E-state index in [1.165, 1.54) is 0 Å². The SMILES string of the molecule is [N-]=[N+]=NCCOCCOCCO[C@H]1OC(COP(=O)([O-])[O-])[C@@H](O)[C@H](O)C1O. The number of phosphoric ester groups is 1. The summed E-state index contributed by atoms with van der Waals surface area (Å²) in [4.78, 5) is 23.6. The Morgan fingerprint density at radius 1 is 1.04 bits per heavy atom. The molecule has 14 nitrogen and oxygen atoms in total. The molecule has 3 N–H and O–H groups in total. The zero-order valence-electron chi connectivity index (χ0n) is 14.2. The van der Waals surface area contributed by atoms with E-state index in [4.69, 9.17) is 24.5 Å². The fraction of sp³-hybridized carbons (Fsp3) is 1.00. The van der Waals surface area contributed by atoms with Crippen LogP contribution in [0.5, 0.6) is 0 Å². The highest BCUT2D eigenvalue weighted by Gasteiger charge is 2.44. The van der Waals surface area contributed by atoms with Gasteiger partial charge in [0.05, 0.1) is 47.5 Å². The highest BCUT2D eigenvalue weighted by Crippen LogP contribution is 2.28. The average Bonchev–Trinajstić information content (AvgIpc) is 2.61. The van der Waals surface area contributed by atoms with Gasteiger partial charge >= 0.3 is 0 Å². The van der Waals surface area contributed by atoms with Crippen molar-refractivity contribution >= 4 is 7.82 Å². The Bertz CT molecular complexity index is 515. The van der Waals surface area contributed by atoms with Gasteiger partial charge in [0.2, 0.25) is 0 Å². The number of phosphoric acid groups is 1.